The third kappa shape index (κ3) is 1.36. The van der Waals surface area contributed by atoms with Gasteiger partial charge in [-0.3, -0.25) is 0 Å². The molecular weight excluding hydrogens is 137 g/mol. The quantitative estimate of drug-likeness (QED) is 0.419. The molecule has 0 spiro atoms. The zero-order valence-electron chi connectivity index (χ0n) is 4.63. The summed E-state index contributed by atoms with van der Waals surface area (Å²) in [6.07, 6.45) is 0. The van der Waals surface area contributed by atoms with Gasteiger partial charge in [0.2, 0.25) is 0 Å². The fourth-order valence-electron chi connectivity index (χ4n) is 0.530. The van der Waals surface area contributed by atoms with Crippen molar-refractivity contribution in [2.45, 2.75) is 4.90 Å². The van der Waals surface area contributed by atoms with Gasteiger partial charge < -0.3 is 5.73 Å². The van der Waals surface area contributed by atoms with Gasteiger partial charge in [-0.2, -0.15) is 0 Å². The Balaban J connectivity index is 3.17. The molecule has 0 aromatic heterocycles. The monoisotopic (exact) mass is 143 g/mol. The summed E-state index contributed by atoms with van der Waals surface area (Å²) < 4.78 is 12.4. The summed E-state index contributed by atoms with van der Waals surface area (Å²) in [6, 6.07) is 4.26. The van der Waals surface area contributed by atoms with Gasteiger partial charge in [0.05, 0.1) is 0 Å². The van der Waals surface area contributed by atoms with Crippen molar-refractivity contribution in [1.82, 2.24) is 0 Å². The van der Waals surface area contributed by atoms with Gasteiger partial charge in [0.25, 0.3) is 0 Å². The molecule has 0 heterocycles. The lowest BCUT2D eigenvalue weighted by atomic mass is 10.3. The van der Waals surface area contributed by atoms with Crippen LogP contribution in [0.15, 0.2) is 23.1 Å². The van der Waals surface area contributed by atoms with Crippen LogP contribution in [0.4, 0.5) is 10.1 Å². The smallest absolute Gasteiger partial charge is 0.136 e. The number of anilines is 1. The van der Waals surface area contributed by atoms with E-state index in [1.54, 1.807) is 0 Å². The highest BCUT2D eigenvalue weighted by Crippen LogP contribution is 2.14. The van der Waals surface area contributed by atoms with E-state index < -0.39 is 0 Å². The SMILES string of the molecule is Nc1ccc(F)c(S)c1. The Morgan fingerprint density at radius 2 is 2.11 bits per heavy atom. The molecule has 9 heavy (non-hydrogen) atoms. The van der Waals surface area contributed by atoms with Crippen molar-refractivity contribution in [3.8, 4) is 0 Å². The molecule has 0 fully saturated rings. The van der Waals surface area contributed by atoms with Crippen LogP contribution in [0.25, 0.3) is 0 Å². The molecule has 0 amide bonds. The molecule has 1 aromatic rings. The first kappa shape index (κ1) is 6.42. The van der Waals surface area contributed by atoms with E-state index in [1.165, 1.54) is 18.2 Å². The number of halogens is 1. The second-order valence-corrected chi connectivity index (χ2v) is 2.19. The number of thiol groups is 1. The minimum absolute atomic E-state index is 0.287. The normalized spacial score (nSPS) is 9.56. The van der Waals surface area contributed by atoms with Crippen LogP contribution in [0, 0.1) is 5.82 Å². The second kappa shape index (κ2) is 2.27. The molecule has 0 atom stereocenters. The average Bonchev–Trinajstić information content (AvgIpc) is 1.80. The van der Waals surface area contributed by atoms with Crippen LogP contribution in [0.3, 0.4) is 0 Å². The fraction of sp³-hybridized carbons (Fsp3) is 0. The van der Waals surface area contributed by atoms with Gasteiger partial charge in [0.15, 0.2) is 0 Å². The summed E-state index contributed by atoms with van der Waals surface area (Å²) in [7, 11) is 0. The average molecular weight is 143 g/mol. The van der Waals surface area contributed by atoms with Crippen LogP contribution < -0.4 is 5.73 Å². The van der Waals surface area contributed by atoms with E-state index in [0.29, 0.717) is 5.69 Å². The van der Waals surface area contributed by atoms with Gasteiger partial charge in [0, 0.05) is 10.6 Å². The highest BCUT2D eigenvalue weighted by Gasteiger charge is 1.94. The minimum Gasteiger partial charge on any atom is -0.399 e. The standard InChI is InChI=1S/C6H6FNS/c7-5-2-1-4(8)3-6(5)9/h1-3,9H,8H2. The van der Waals surface area contributed by atoms with Gasteiger partial charge in [-0.05, 0) is 18.2 Å². The third-order valence-electron chi connectivity index (χ3n) is 0.970. The fourth-order valence-corrected chi connectivity index (χ4v) is 0.753. The molecule has 0 bridgehead atoms. The summed E-state index contributed by atoms with van der Waals surface area (Å²) in [5.74, 6) is -0.340. The van der Waals surface area contributed by atoms with E-state index in [1.807, 2.05) is 0 Å². The number of rotatable bonds is 0. The Labute approximate surface area is 58.1 Å². The molecule has 2 N–H and O–H groups in total. The lowest BCUT2D eigenvalue weighted by molar-refractivity contribution is 0.603. The van der Waals surface area contributed by atoms with Crippen molar-refractivity contribution in [3.05, 3.63) is 24.0 Å². The summed E-state index contributed by atoms with van der Waals surface area (Å²) in [5.41, 5.74) is 5.84. The van der Waals surface area contributed by atoms with Crippen LogP contribution in [0.5, 0.6) is 0 Å². The van der Waals surface area contributed by atoms with Crippen LogP contribution in [0.2, 0.25) is 0 Å². The molecule has 0 aliphatic heterocycles. The van der Waals surface area contributed by atoms with Gasteiger partial charge in [0.1, 0.15) is 5.82 Å². The zero-order valence-corrected chi connectivity index (χ0v) is 5.53. The Morgan fingerprint density at radius 1 is 1.44 bits per heavy atom. The minimum atomic E-state index is -0.340. The molecule has 1 rings (SSSR count). The number of nitrogens with two attached hydrogens (primary N) is 1. The first-order chi connectivity index (χ1) is 4.20. The molecule has 1 aromatic carbocycles. The van der Waals surface area contributed by atoms with Crippen molar-refractivity contribution in [3.63, 3.8) is 0 Å². The van der Waals surface area contributed by atoms with Crippen LogP contribution >= 0.6 is 12.6 Å². The van der Waals surface area contributed by atoms with E-state index in [0.717, 1.165) is 0 Å². The van der Waals surface area contributed by atoms with Gasteiger partial charge in [-0.15, -0.1) is 12.6 Å². The Kier molecular flexibility index (Phi) is 1.62. The van der Waals surface area contributed by atoms with E-state index in [4.69, 9.17) is 5.73 Å². The largest absolute Gasteiger partial charge is 0.399 e. The van der Waals surface area contributed by atoms with Gasteiger partial charge in [-0.25, -0.2) is 4.39 Å². The summed E-state index contributed by atoms with van der Waals surface area (Å²) in [5, 5.41) is 0. The summed E-state index contributed by atoms with van der Waals surface area (Å²) >= 11 is 3.81. The molecule has 48 valence electrons. The lowest BCUT2D eigenvalue weighted by Gasteiger charge is -1.94. The first-order valence-electron chi connectivity index (χ1n) is 2.44. The predicted molar refractivity (Wildman–Crippen MR) is 38.1 cm³/mol. The van der Waals surface area contributed by atoms with E-state index >= 15 is 0 Å². The van der Waals surface area contributed by atoms with Crippen molar-refractivity contribution in [2.75, 3.05) is 5.73 Å². The first-order valence-corrected chi connectivity index (χ1v) is 2.89. The predicted octanol–water partition coefficient (Wildman–Crippen LogP) is 1.70. The maximum absolute atomic E-state index is 12.4. The van der Waals surface area contributed by atoms with Crippen LogP contribution in [-0.4, -0.2) is 0 Å². The molecule has 3 heteroatoms. The molecule has 0 unspecified atom stereocenters. The number of nitrogen functional groups attached to an aromatic ring is 1. The van der Waals surface area contributed by atoms with E-state index in [9.17, 15) is 4.39 Å². The topological polar surface area (TPSA) is 26.0 Å². The second-order valence-electron chi connectivity index (χ2n) is 1.71. The van der Waals surface area contributed by atoms with Crippen molar-refractivity contribution in [2.24, 2.45) is 0 Å². The van der Waals surface area contributed by atoms with Crippen LogP contribution in [0.1, 0.15) is 0 Å². The number of hydrogen-bond donors (Lipinski definition) is 2. The third-order valence-corrected chi connectivity index (χ3v) is 1.31. The number of benzene rings is 1. The van der Waals surface area contributed by atoms with Gasteiger partial charge in [-0.1, -0.05) is 0 Å². The Morgan fingerprint density at radius 3 is 2.56 bits per heavy atom. The summed E-state index contributed by atoms with van der Waals surface area (Å²) in [4.78, 5) is 0.287. The van der Waals surface area contributed by atoms with E-state index in [2.05, 4.69) is 12.6 Å². The lowest BCUT2D eigenvalue weighted by Crippen LogP contribution is -1.85. The van der Waals surface area contributed by atoms with E-state index in [-0.39, 0.29) is 10.7 Å². The van der Waals surface area contributed by atoms with Gasteiger partial charge >= 0.3 is 0 Å². The highest BCUT2D eigenvalue weighted by atomic mass is 32.1. The molecule has 0 saturated carbocycles. The molecule has 0 aliphatic rings. The molecule has 1 nitrogen and oxygen atoms in total. The molecular formula is C6H6FNS. The molecule has 0 aliphatic carbocycles. The highest BCUT2D eigenvalue weighted by molar-refractivity contribution is 7.80. The van der Waals surface area contributed by atoms with Crippen LogP contribution in [-0.2, 0) is 0 Å². The molecule has 0 radical (unpaired) electrons. The Bertz CT molecular complexity index is 224. The van der Waals surface area contributed by atoms with Crippen molar-refractivity contribution in [1.29, 1.82) is 0 Å². The molecule has 0 saturated heterocycles. The zero-order chi connectivity index (χ0) is 6.85. The summed E-state index contributed by atoms with van der Waals surface area (Å²) in [6.45, 7) is 0. The maximum Gasteiger partial charge on any atom is 0.136 e. The Hall–Kier alpha value is -0.700. The maximum atomic E-state index is 12.4. The number of hydrogen-bond acceptors (Lipinski definition) is 2. The van der Waals surface area contributed by atoms with Crippen molar-refractivity contribution >= 4 is 18.3 Å². The van der Waals surface area contributed by atoms with Crippen molar-refractivity contribution < 1.29 is 4.39 Å².